The Morgan fingerprint density at radius 1 is 0.810 bits per heavy atom. The second-order valence-electron chi connectivity index (χ2n) is 21.1. The zero-order valence-corrected chi connectivity index (χ0v) is 48.4. The van der Waals surface area contributed by atoms with Crippen LogP contribution in [0.15, 0.2) is 59.0 Å². The van der Waals surface area contributed by atoms with Gasteiger partial charge in [0.15, 0.2) is 0 Å². The van der Waals surface area contributed by atoms with Crippen molar-refractivity contribution < 1.29 is 51.6 Å². The van der Waals surface area contributed by atoms with Gasteiger partial charge in [0.05, 0.1) is 36.5 Å². The molecule has 432 valence electrons. The number of urea groups is 1. The first-order chi connectivity index (χ1) is 37.9. The molecule has 2 aromatic rings. The van der Waals surface area contributed by atoms with Crippen LogP contribution in [0.25, 0.3) is 33.4 Å². The number of hydrogen-bond acceptors (Lipinski definition) is 11. The number of hydrogen-bond donors (Lipinski definition) is 7. The number of nitrogens with one attached hydrogen (secondary N) is 6. The molecule has 2 saturated heterocycles. The molecule has 0 aromatic heterocycles. The monoisotopic (exact) mass is 1130 g/mol. The standard InChI is InChI=1S/C58H82FN8O10PS/c1-6-76-78(59,75)34-20-11-9-7-8-10-13-23-51(68)61-32-19-16-21-46(56(71)62-33-18-12-17-31-60-52(69)24-15-14-22-50-54-47(38-79-50)64-58(74)65-54)63-55(70)39-25-28-42(45(35-39)57(72)73)53-43-29-26-40(66(2)3)36-48(43)77-49-37-41(67(4)5)27-30-44(49)53/h25-30,35-37,46-47,50,54H,6-24,31-34,38H2,1-5H3,(H6-,60,61,62,63,64,65,68,69,70,71,72,73,74)/p+1/t46-,47-,50-,54-,78?/m0/s1. The van der Waals surface area contributed by atoms with E-state index in [1.54, 1.807) is 19.1 Å². The first-order valence-electron chi connectivity index (χ1n) is 28.2. The summed E-state index contributed by atoms with van der Waals surface area (Å²) in [5, 5.41) is 30.4. The highest BCUT2D eigenvalue weighted by Crippen LogP contribution is 2.49. The van der Waals surface area contributed by atoms with E-state index < -0.39 is 25.6 Å². The van der Waals surface area contributed by atoms with E-state index >= 15 is 0 Å². The average molecular weight is 1130 g/mol. The van der Waals surface area contributed by atoms with Crippen molar-refractivity contribution in [2.24, 2.45) is 0 Å². The highest BCUT2D eigenvalue weighted by Gasteiger charge is 2.42. The maximum absolute atomic E-state index is 14.1. The number of thioether (sulfide) groups is 1. The summed E-state index contributed by atoms with van der Waals surface area (Å²) in [5.41, 5.74) is 3.16. The predicted molar refractivity (Wildman–Crippen MR) is 311 cm³/mol. The highest BCUT2D eigenvalue weighted by atomic mass is 32.2. The van der Waals surface area contributed by atoms with E-state index in [9.17, 15) is 42.6 Å². The SMILES string of the molecule is CCOP(=O)(F)CCCCCCCCCC(=O)NCCCC[C@H](NC(=O)c1ccc(-c2c3ccc(=[N+](C)C)cc-3oc3cc(N(C)C)ccc23)c(C(=O)O)c1)C(=O)NCCCCCNC(=O)CCCC[C@@H]1SC[C@@H]2NC(=O)N[C@@H]21. The number of rotatable bonds is 34. The maximum atomic E-state index is 14.1. The number of benzene rings is 3. The van der Waals surface area contributed by atoms with Gasteiger partial charge >= 0.3 is 19.7 Å². The molecule has 0 spiro atoms. The smallest absolute Gasteiger partial charge is 0.367 e. The van der Waals surface area contributed by atoms with Crippen LogP contribution >= 0.6 is 19.4 Å². The largest absolute Gasteiger partial charge is 0.478 e. The average Bonchev–Trinajstić information content (AvgIpc) is 4.07. The third-order valence-corrected chi connectivity index (χ3v) is 17.6. The summed E-state index contributed by atoms with van der Waals surface area (Å²) in [5.74, 6) is -0.819. The number of carbonyl (C=O) groups is 6. The number of anilines is 1. The van der Waals surface area contributed by atoms with E-state index in [1.807, 2.05) is 85.8 Å². The minimum atomic E-state index is -3.97. The van der Waals surface area contributed by atoms with Crippen molar-refractivity contribution >= 4 is 71.7 Å². The molecule has 21 heteroatoms. The normalized spacial score (nSPS) is 16.8. The number of nitrogens with zero attached hydrogens (tertiary/aromatic N) is 2. The van der Waals surface area contributed by atoms with Crippen molar-refractivity contribution in [3.8, 4) is 22.5 Å². The van der Waals surface area contributed by atoms with Crippen LogP contribution in [0.4, 0.5) is 14.7 Å². The van der Waals surface area contributed by atoms with E-state index in [-0.39, 0.29) is 66.2 Å². The van der Waals surface area contributed by atoms with Gasteiger partial charge in [-0.2, -0.15) is 16.0 Å². The lowest BCUT2D eigenvalue weighted by molar-refractivity contribution is -0.123. The van der Waals surface area contributed by atoms with Crippen LogP contribution < -0.4 is 46.7 Å². The van der Waals surface area contributed by atoms with Gasteiger partial charge in [0.2, 0.25) is 23.1 Å². The molecule has 6 amide bonds. The number of carboxylic acids is 1. The molecule has 18 nitrogen and oxygen atoms in total. The molecular weight excluding hydrogens is 1050 g/mol. The van der Waals surface area contributed by atoms with Gasteiger partial charge in [0, 0.05) is 97.5 Å². The first kappa shape index (κ1) is 62.2. The highest BCUT2D eigenvalue weighted by molar-refractivity contribution is 8.00. The first-order valence-corrected chi connectivity index (χ1v) is 31.0. The molecule has 3 heterocycles. The fourth-order valence-corrected chi connectivity index (χ4v) is 12.8. The van der Waals surface area contributed by atoms with Crippen LogP contribution in [0.3, 0.4) is 0 Å². The second kappa shape index (κ2) is 31.1. The molecule has 4 aliphatic rings. The van der Waals surface area contributed by atoms with Crippen molar-refractivity contribution in [3.05, 3.63) is 71.1 Å². The van der Waals surface area contributed by atoms with Crippen molar-refractivity contribution in [1.82, 2.24) is 36.5 Å². The fourth-order valence-electron chi connectivity index (χ4n) is 10.2. The Balaban J connectivity index is 1.02. The Kier molecular flexibility index (Phi) is 24.5. The second-order valence-corrected chi connectivity index (χ2v) is 24.2. The van der Waals surface area contributed by atoms with Crippen molar-refractivity contribution in [2.75, 3.05) is 71.2 Å². The summed E-state index contributed by atoms with van der Waals surface area (Å²) in [6.07, 6.45) is 12.6. The van der Waals surface area contributed by atoms with Gasteiger partial charge in [0.25, 0.3) is 5.91 Å². The Morgan fingerprint density at radius 3 is 2.14 bits per heavy atom. The van der Waals surface area contributed by atoms with Gasteiger partial charge in [-0.15, -0.1) is 0 Å². The van der Waals surface area contributed by atoms with Crippen LogP contribution in [-0.4, -0.2) is 130 Å². The number of fused-ring (bicyclic) bond motifs is 3. The molecule has 79 heavy (non-hydrogen) atoms. The molecule has 0 radical (unpaired) electrons. The van der Waals surface area contributed by atoms with Gasteiger partial charge in [-0.25, -0.2) is 14.2 Å². The van der Waals surface area contributed by atoms with E-state index in [1.165, 1.54) is 6.07 Å². The summed E-state index contributed by atoms with van der Waals surface area (Å²) in [7, 11) is 3.73. The Labute approximate surface area is 468 Å². The molecule has 1 aliphatic carbocycles. The lowest BCUT2D eigenvalue weighted by Gasteiger charge is -2.20. The molecular formula is C58H83FN8O10PS+. The minimum absolute atomic E-state index is 0.00462. The fraction of sp³-hybridized carbons (Fsp3) is 0.569. The maximum Gasteiger partial charge on any atom is 0.367 e. The van der Waals surface area contributed by atoms with Crippen molar-refractivity contribution in [2.45, 2.75) is 146 Å². The van der Waals surface area contributed by atoms with Crippen molar-refractivity contribution in [1.29, 1.82) is 0 Å². The molecule has 2 aromatic carbocycles. The summed E-state index contributed by atoms with van der Waals surface area (Å²) >= 11 is 1.87. The van der Waals surface area contributed by atoms with Gasteiger partial charge < -0.3 is 50.8 Å². The Hall–Kier alpha value is -5.98. The van der Waals surface area contributed by atoms with Crippen molar-refractivity contribution in [3.63, 3.8) is 0 Å². The lowest BCUT2D eigenvalue weighted by Crippen LogP contribution is -2.47. The summed E-state index contributed by atoms with van der Waals surface area (Å²) < 4.78 is 38.5. The third-order valence-electron chi connectivity index (χ3n) is 14.6. The summed E-state index contributed by atoms with van der Waals surface area (Å²) in [4.78, 5) is 79.9. The number of carboxylic acid groups (broad SMARTS) is 1. The van der Waals surface area contributed by atoms with Gasteiger partial charge in [-0.05, 0) is 107 Å². The number of carbonyl (C=O) groups excluding carboxylic acids is 5. The Bertz CT molecular complexity index is 2830. The molecule has 1 unspecified atom stereocenters. The minimum Gasteiger partial charge on any atom is -0.478 e. The molecule has 0 bridgehead atoms. The van der Waals surface area contributed by atoms with E-state index in [2.05, 4.69) is 31.9 Å². The molecule has 6 rings (SSSR count). The quantitative estimate of drug-likeness (QED) is 0.00763. The molecule has 0 saturated carbocycles. The molecule has 7 N–H and O–H groups in total. The zero-order chi connectivity index (χ0) is 56.9. The van der Waals surface area contributed by atoms with Gasteiger partial charge in [-0.1, -0.05) is 44.6 Å². The number of aromatic carboxylic acids is 1. The van der Waals surface area contributed by atoms with Crippen LogP contribution in [0, 0.1) is 0 Å². The number of unbranched alkanes of at least 4 members (excludes halogenated alkanes) is 10. The zero-order valence-electron chi connectivity index (χ0n) is 46.7. The lowest BCUT2D eigenvalue weighted by atomic mass is 9.89. The Morgan fingerprint density at radius 2 is 1.46 bits per heavy atom. The van der Waals surface area contributed by atoms with E-state index in [4.69, 9.17) is 8.94 Å². The van der Waals surface area contributed by atoms with E-state index in [0.29, 0.717) is 96.8 Å². The van der Waals surface area contributed by atoms with E-state index in [0.717, 1.165) is 87.4 Å². The van der Waals surface area contributed by atoms with Crippen LogP contribution in [0.1, 0.15) is 143 Å². The van der Waals surface area contributed by atoms with Gasteiger partial charge in [-0.3, -0.25) is 23.7 Å². The van der Waals surface area contributed by atoms with Crippen LogP contribution in [0.2, 0.25) is 0 Å². The topological polar surface area (TPSA) is 241 Å². The van der Waals surface area contributed by atoms with Crippen LogP contribution in [-0.2, 0) is 23.5 Å². The number of amides is 6. The molecule has 3 aliphatic heterocycles. The molecule has 2 fully saturated rings. The van der Waals surface area contributed by atoms with Crippen LogP contribution in [0.5, 0.6) is 0 Å². The summed E-state index contributed by atoms with van der Waals surface area (Å²) in [6.45, 7) is 2.97. The molecule has 5 atom stereocenters. The summed E-state index contributed by atoms with van der Waals surface area (Å²) in [6, 6.07) is 15.4. The van der Waals surface area contributed by atoms with Gasteiger partial charge in [0.1, 0.15) is 31.5 Å². The number of halogens is 1. The third kappa shape index (κ3) is 19.1. The predicted octanol–water partition coefficient (Wildman–Crippen LogP) is 8.83.